The van der Waals surface area contributed by atoms with Gasteiger partial charge in [0.25, 0.3) is 0 Å². The van der Waals surface area contributed by atoms with Crippen molar-refractivity contribution >= 4 is 44.4 Å². The number of pyridine rings is 1. The monoisotopic (exact) mass is 315 g/mol. The highest BCUT2D eigenvalue weighted by molar-refractivity contribution is 9.10. The number of H-pyrrole nitrogens is 1. The lowest BCUT2D eigenvalue weighted by atomic mass is 10.1. The number of hydrogen-bond acceptors (Lipinski definition) is 2. The number of aromatic carboxylic acids is 1. The second kappa shape index (κ2) is 4.16. The van der Waals surface area contributed by atoms with Crippen LogP contribution in [0.25, 0.3) is 10.9 Å². The van der Waals surface area contributed by atoms with E-state index >= 15 is 0 Å². The Morgan fingerprint density at radius 2 is 2.12 bits per heavy atom. The van der Waals surface area contributed by atoms with Crippen molar-refractivity contribution in [2.24, 2.45) is 0 Å². The Bertz CT molecular complexity index is 693. The van der Waals surface area contributed by atoms with Gasteiger partial charge in [0.1, 0.15) is 5.69 Å². The third-order valence-electron chi connectivity index (χ3n) is 2.49. The maximum absolute atomic E-state index is 11.8. The molecule has 0 atom stereocenters. The van der Waals surface area contributed by atoms with Crippen molar-refractivity contribution in [2.75, 3.05) is 0 Å². The van der Waals surface area contributed by atoms with E-state index in [4.69, 9.17) is 16.7 Å². The van der Waals surface area contributed by atoms with Gasteiger partial charge in [0.05, 0.1) is 10.5 Å². The Morgan fingerprint density at radius 1 is 1.47 bits per heavy atom. The number of aromatic amines is 1. The van der Waals surface area contributed by atoms with Gasteiger partial charge in [-0.05, 0) is 34.5 Å². The summed E-state index contributed by atoms with van der Waals surface area (Å²) in [6, 6.07) is 2.64. The summed E-state index contributed by atoms with van der Waals surface area (Å²) in [5, 5.41) is 9.73. The van der Waals surface area contributed by atoms with Crippen LogP contribution in [0.15, 0.2) is 21.4 Å². The molecule has 0 amide bonds. The van der Waals surface area contributed by atoms with Crippen LogP contribution in [-0.4, -0.2) is 16.1 Å². The van der Waals surface area contributed by atoms with Crippen molar-refractivity contribution in [3.05, 3.63) is 43.1 Å². The van der Waals surface area contributed by atoms with E-state index in [1.54, 1.807) is 13.0 Å². The minimum atomic E-state index is -1.18. The molecule has 0 fully saturated rings. The molecule has 2 aromatic rings. The van der Waals surface area contributed by atoms with E-state index in [1.807, 2.05) is 0 Å². The Morgan fingerprint density at radius 3 is 2.71 bits per heavy atom. The van der Waals surface area contributed by atoms with Gasteiger partial charge >= 0.3 is 5.97 Å². The average molecular weight is 317 g/mol. The van der Waals surface area contributed by atoms with Gasteiger partial charge in [-0.25, -0.2) is 4.79 Å². The molecule has 0 radical (unpaired) electrons. The Hall–Kier alpha value is -1.33. The smallest absolute Gasteiger partial charge is 0.352 e. The predicted octanol–water partition coefficient (Wildman–Crippen LogP) is 2.95. The number of carboxylic acids is 1. The van der Waals surface area contributed by atoms with Gasteiger partial charge in [-0.1, -0.05) is 11.6 Å². The summed E-state index contributed by atoms with van der Waals surface area (Å²) in [6.45, 7) is 1.72. The summed E-state index contributed by atoms with van der Waals surface area (Å²) < 4.78 is 0.609. The van der Waals surface area contributed by atoms with Crippen LogP contribution in [0.2, 0.25) is 5.02 Å². The minimum Gasteiger partial charge on any atom is -0.477 e. The molecule has 2 N–H and O–H groups in total. The lowest BCUT2D eigenvalue weighted by Gasteiger charge is -2.07. The number of rotatable bonds is 1. The lowest BCUT2D eigenvalue weighted by Crippen LogP contribution is -2.10. The first-order chi connectivity index (χ1) is 7.91. The molecule has 17 heavy (non-hydrogen) atoms. The van der Waals surface area contributed by atoms with Gasteiger partial charge in [-0.2, -0.15) is 0 Å². The number of aryl methyl sites for hydroxylation is 1. The van der Waals surface area contributed by atoms with E-state index in [0.29, 0.717) is 26.0 Å². The molecule has 0 bridgehead atoms. The molecule has 2 rings (SSSR count). The van der Waals surface area contributed by atoms with Crippen molar-refractivity contribution < 1.29 is 9.90 Å². The SMILES string of the molecule is Cc1c(Cl)c(Br)cc2c(=O)cc(C(=O)O)[nH]c12. The summed E-state index contributed by atoms with van der Waals surface area (Å²) in [5.41, 5.74) is 0.583. The molecule has 0 aliphatic heterocycles. The normalized spacial score (nSPS) is 10.8. The van der Waals surface area contributed by atoms with Crippen LogP contribution in [0, 0.1) is 6.92 Å². The maximum atomic E-state index is 11.8. The molecule has 1 aromatic carbocycles. The second-order valence-corrected chi connectivity index (χ2v) is 4.80. The number of aromatic nitrogens is 1. The van der Waals surface area contributed by atoms with E-state index in [1.165, 1.54) is 0 Å². The standard InChI is InChI=1S/C11H7BrClNO3/c1-4-9(13)6(12)2-5-8(15)3-7(11(16)17)14-10(4)5/h2-3H,1H3,(H,14,15)(H,16,17). The fraction of sp³-hybridized carbons (Fsp3) is 0.0909. The second-order valence-electron chi connectivity index (χ2n) is 3.57. The van der Waals surface area contributed by atoms with Crippen molar-refractivity contribution in [3.63, 3.8) is 0 Å². The van der Waals surface area contributed by atoms with Crippen LogP contribution in [0.5, 0.6) is 0 Å². The third kappa shape index (κ3) is 1.96. The lowest BCUT2D eigenvalue weighted by molar-refractivity contribution is 0.0691. The molecule has 0 aliphatic rings. The zero-order valence-electron chi connectivity index (χ0n) is 8.67. The number of nitrogens with one attached hydrogen (secondary N) is 1. The van der Waals surface area contributed by atoms with Crippen LogP contribution in [0.3, 0.4) is 0 Å². The highest BCUT2D eigenvalue weighted by atomic mass is 79.9. The number of hydrogen-bond donors (Lipinski definition) is 2. The number of halogens is 2. The number of carbonyl (C=O) groups is 1. The Balaban J connectivity index is 2.98. The van der Waals surface area contributed by atoms with Crippen molar-refractivity contribution in [3.8, 4) is 0 Å². The highest BCUT2D eigenvalue weighted by Crippen LogP contribution is 2.30. The molecule has 1 heterocycles. The quantitative estimate of drug-likeness (QED) is 0.850. The Kier molecular flexibility index (Phi) is 2.97. The third-order valence-corrected chi connectivity index (χ3v) is 3.83. The summed E-state index contributed by atoms with van der Waals surface area (Å²) >= 11 is 9.27. The average Bonchev–Trinajstić information content (AvgIpc) is 2.27. The van der Waals surface area contributed by atoms with Crippen LogP contribution >= 0.6 is 27.5 Å². The summed E-state index contributed by atoms with van der Waals surface area (Å²) in [4.78, 5) is 25.3. The van der Waals surface area contributed by atoms with E-state index in [-0.39, 0.29) is 11.1 Å². The molecule has 1 aromatic heterocycles. The highest BCUT2D eigenvalue weighted by Gasteiger charge is 2.13. The molecular formula is C11H7BrClNO3. The number of carboxylic acid groups (broad SMARTS) is 1. The fourth-order valence-electron chi connectivity index (χ4n) is 1.60. The predicted molar refractivity (Wildman–Crippen MR) is 69.0 cm³/mol. The molecule has 4 nitrogen and oxygen atoms in total. The van der Waals surface area contributed by atoms with E-state index < -0.39 is 5.97 Å². The van der Waals surface area contributed by atoms with Crippen LogP contribution in [-0.2, 0) is 0 Å². The maximum Gasteiger partial charge on any atom is 0.352 e. The summed E-state index contributed by atoms with van der Waals surface area (Å²) in [5.74, 6) is -1.18. The van der Waals surface area contributed by atoms with Gasteiger partial charge in [0, 0.05) is 15.9 Å². The fourth-order valence-corrected chi connectivity index (χ4v) is 2.28. The summed E-state index contributed by atoms with van der Waals surface area (Å²) in [6.07, 6.45) is 0. The zero-order valence-corrected chi connectivity index (χ0v) is 11.0. The number of fused-ring (bicyclic) bond motifs is 1. The molecular weight excluding hydrogens is 309 g/mol. The van der Waals surface area contributed by atoms with Crippen molar-refractivity contribution in [2.45, 2.75) is 6.92 Å². The van der Waals surface area contributed by atoms with Crippen LogP contribution < -0.4 is 5.43 Å². The first-order valence-corrected chi connectivity index (χ1v) is 5.84. The zero-order chi connectivity index (χ0) is 12.7. The first kappa shape index (κ1) is 12.1. The minimum absolute atomic E-state index is 0.149. The first-order valence-electron chi connectivity index (χ1n) is 4.66. The van der Waals surface area contributed by atoms with Gasteiger partial charge in [-0.3, -0.25) is 4.79 Å². The van der Waals surface area contributed by atoms with Crippen molar-refractivity contribution in [1.29, 1.82) is 0 Å². The Labute approximate surface area is 109 Å². The van der Waals surface area contributed by atoms with E-state index in [9.17, 15) is 9.59 Å². The van der Waals surface area contributed by atoms with Crippen molar-refractivity contribution in [1.82, 2.24) is 4.98 Å². The van der Waals surface area contributed by atoms with Gasteiger partial charge < -0.3 is 10.1 Å². The largest absolute Gasteiger partial charge is 0.477 e. The van der Waals surface area contributed by atoms with Crippen LogP contribution in [0.4, 0.5) is 0 Å². The molecule has 0 saturated carbocycles. The topological polar surface area (TPSA) is 70.2 Å². The van der Waals surface area contributed by atoms with Crippen LogP contribution in [0.1, 0.15) is 16.1 Å². The molecule has 0 aliphatic carbocycles. The number of benzene rings is 1. The van der Waals surface area contributed by atoms with Gasteiger partial charge in [0.15, 0.2) is 5.43 Å². The van der Waals surface area contributed by atoms with Gasteiger partial charge in [0.2, 0.25) is 0 Å². The molecule has 0 saturated heterocycles. The molecule has 88 valence electrons. The molecule has 0 unspecified atom stereocenters. The van der Waals surface area contributed by atoms with E-state index in [2.05, 4.69) is 20.9 Å². The van der Waals surface area contributed by atoms with E-state index in [0.717, 1.165) is 6.07 Å². The molecule has 0 spiro atoms. The summed E-state index contributed by atoms with van der Waals surface area (Å²) in [7, 11) is 0. The molecule has 6 heteroatoms. The van der Waals surface area contributed by atoms with Gasteiger partial charge in [-0.15, -0.1) is 0 Å².